The third-order valence-electron chi connectivity index (χ3n) is 2.80. The number of nitrogens with zero attached hydrogens (tertiary/aromatic N) is 2. The van der Waals surface area contributed by atoms with Gasteiger partial charge in [-0.3, -0.25) is 4.79 Å². The Hall–Kier alpha value is -2.58. The number of H-pyrrole nitrogens is 1. The van der Waals surface area contributed by atoms with E-state index in [1.807, 2.05) is 0 Å². The third kappa shape index (κ3) is 5.51. The van der Waals surface area contributed by atoms with Crippen LogP contribution in [-0.4, -0.2) is 64.7 Å². The van der Waals surface area contributed by atoms with Crippen molar-refractivity contribution in [2.24, 2.45) is 0 Å². The van der Waals surface area contributed by atoms with Gasteiger partial charge in [0.25, 0.3) is 0 Å². The van der Waals surface area contributed by atoms with Crippen molar-refractivity contribution in [1.82, 2.24) is 20.2 Å². The topological polar surface area (TPSA) is 125 Å². The number of carbonyl (C=O) groups is 3. The molecule has 0 bridgehead atoms. The van der Waals surface area contributed by atoms with Gasteiger partial charge in [0.1, 0.15) is 6.04 Å². The van der Waals surface area contributed by atoms with E-state index in [1.54, 1.807) is 0 Å². The molecule has 0 aliphatic carbocycles. The molecule has 1 aromatic heterocycles. The molecule has 0 aliphatic heterocycles. The van der Waals surface area contributed by atoms with Gasteiger partial charge in [-0.05, 0) is 0 Å². The van der Waals surface area contributed by atoms with Crippen molar-refractivity contribution in [3.05, 3.63) is 18.2 Å². The first-order valence-corrected chi connectivity index (χ1v) is 6.22. The summed E-state index contributed by atoms with van der Waals surface area (Å²) in [6, 6.07) is -1.66. The van der Waals surface area contributed by atoms with Crippen molar-refractivity contribution >= 4 is 18.0 Å². The molecule has 1 unspecified atom stereocenters. The average molecular weight is 298 g/mol. The summed E-state index contributed by atoms with van der Waals surface area (Å²) in [6.45, 7) is 0.134. The van der Waals surface area contributed by atoms with Crippen LogP contribution in [0.15, 0.2) is 12.5 Å². The number of hydrogen-bond acceptors (Lipinski definition) is 5. The Morgan fingerprint density at radius 3 is 2.76 bits per heavy atom. The summed E-state index contributed by atoms with van der Waals surface area (Å²) in [5.41, 5.74) is 0.597. The van der Waals surface area contributed by atoms with Crippen molar-refractivity contribution in [3.8, 4) is 0 Å². The van der Waals surface area contributed by atoms with Crippen LogP contribution in [0.5, 0.6) is 0 Å². The van der Waals surface area contributed by atoms with Crippen molar-refractivity contribution in [2.75, 3.05) is 20.7 Å². The molecule has 9 heteroatoms. The van der Waals surface area contributed by atoms with Crippen LogP contribution in [0, 0.1) is 0 Å². The summed E-state index contributed by atoms with van der Waals surface area (Å²) in [4.78, 5) is 41.8. The maximum Gasteiger partial charge on any atom is 0.326 e. The fourth-order valence-corrected chi connectivity index (χ4v) is 1.54. The van der Waals surface area contributed by atoms with E-state index in [4.69, 9.17) is 5.11 Å². The number of carboxylic acids is 1. The highest BCUT2D eigenvalue weighted by molar-refractivity contribution is 5.83. The number of carbonyl (C=O) groups excluding carboxylic acids is 2. The van der Waals surface area contributed by atoms with E-state index in [0.29, 0.717) is 5.69 Å². The van der Waals surface area contributed by atoms with Crippen LogP contribution in [0.2, 0.25) is 0 Å². The molecule has 1 rings (SSSR count). The summed E-state index contributed by atoms with van der Waals surface area (Å²) in [6.07, 6.45) is 3.05. The van der Waals surface area contributed by atoms with Gasteiger partial charge in [0.15, 0.2) is 0 Å². The number of nitrogens with one attached hydrogen (secondary N) is 2. The number of aliphatic carboxylic acids is 1. The Labute approximate surface area is 121 Å². The fourth-order valence-electron chi connectivity index (χ4n) is 1.54. The minimum absolute atomic E-state index is 0.0404. The van der Waals surface area contributed by atoms with Crippen molar-refractivity contribution < 1.29 is 24.2 Å². The highest BCUT2D eigenvalue weighted by atomic mass is 16.5. The standard InChI is InChI=1S/C12H18N4O5/c1-16(4-3-10(17)21-2)12(20)15-9(11(18)19)5-8-6-13-7-14-8/h6-7,9H,3-5H2,1-2H3,(H,13,14)(H,15,20)(H,18,19). The highest BCUT2D eigenvalue weighted by Gasteiger charge is 2.22. The normalized spacial score (nSPS) is 11.5. The minimum atomic E-state index is -1.15. The molecule has 0 saturated heterocycles. The van der Waals surface area contributed by atoms with Crippen molar-refractivity contribution in [2.45, 2.75) is 18.9 Å². The largest absolute Gasteiger partial charge is 0.480 e. The monoisotopic (exact) mass is 298 g/mol. The molecule has 2 amide bonds. The molecule has 9 nitrogen and oxygen atoms in total. The number of hydrogen-bond donors (Lipinski definition) is 3. The van der Waals surface area contributed by atoms with Crippen molar-refractivity contribution in [3.63, 3.8) is 0 Å². The molecule has 0 saturated carbocycles. The lowest BCUT2D eigenvalue weighted by molar-refractivity contribution is -0.141. The zero-order valence-corrected chi connectivity index (χ0v) is 11.8. The van der Waals surface area contributed by atoms with Crippen LogP contribution < -0.4 is 5.32 Å². The SMILES string of the molecule is COC(=O)CCN(C)C(=O)NC(Cc1cnc[nH]1)C(=O)O. The number of rotatable bonds is 7. The molecule has 0 fully saturated rings. The molecular weight excluding hydrogens is 280 g/mol. The minimum Gasteiger partial charge on any atom is -0.480 e. The van der Waals surface area contributed by atoms with E-state index in [-0.39, 0.29) is 19.4 Å². The second kappa shape index (κ2) is 7.88. The Bertz CT molecular complexity index is 488. The molecule has 1 heterocycles. The Kier molecular flexibility index (Phi) is 6.18. The second-order valence-corrected chi connectivity index (χ2v) is 4.37. The van der Waals surface area contributed by atoms with Crippen LogP contribution in [-0.2, 0) is 20.7 Å². The quantitative estimate of drug-likeness (QED) is 0.589. The van der Waals surface area contributed by atoms with Crippen LogP contribution >= 0.6 is 0 Å². The van der Waals surface area contributed by atoms with E-state index in [1.165, 1.54) is 31.6 Å². The van der Waals surface area contributed by atoms with Gasteiger partial charge in [-0.15, -0.1) is 0 Å². The second-order valence-electron chi connectivity index (χ2n) is 4.37. The maximum absolute atomic E-state index is 11.9. The molecule has 3 N–H and O–H groups in total. The van der Waals surface area contributed by atoms with E-state index in [2.05, 4.69) is 20.0 Å². The van der Waals surface area contributed by atoms with Crippen LogP contribution in [0.3, 0.4) is 0 Å². The molecule has 21 heavy (non-hydrogen) atoms. The molecule has 0 radical (unpaired) electrons. The van der Waals surface area contributed by atoms with Crippen LogP contribution in [0.1, 0.15) is 12.1 Å². The number of esters is 1. The molecule has 1 aromatic rings. The molecule has 116 valence electrons. The predicted octanol–water partition coefficient (Wildman–Crippen LogP) is -0.390. The van der Waals surface area contributed by atoms with Crippen LogP contribution in [0.4, 0.5) is 4.79 Å². The zero-order chi connectivity index (χ0) is 15.8. The van der Waals surface area contributed by atoms with Gasteiger partial charge >= 0.3 is 18.0 Å². The number of aromatic amines is 1. The zero-order valence-electron chi connectivity index (χ0n) is 11.8. The summed E-state index contributed by atoms with van der Waals surface area (Å²) in [5.74, 6) is -1.60. The lowest BCUT2D eigenvalue weighted by atomic mass is 10.1. The first-order valence-electron chi connectivity index (χ1n) is 6.22. The Morgan fingerprint density at radius 2 is 2.24 bits per heavy atom. The molecule has 0 aliphatic rings. The van der Waals surface area contributed by atoms with Gasteiger partial charge in [-0.2, -0.15) is 0 Å². The first kappa shape index (κ1) is 16.5. The highest BCUT2D eigenvalue weighted by Crippen LogP contribution is 2.00. The van der Waals surface area contributed by atoms with Gasteiger partial charge in [0.2, 0.25) is 0 Å². The molecular formula is C12H18N4O5. The van der Waals surface area contributed by atoms with E-state index < -0.39 is 24.0 Å². The summed E-state index contributed by atoms with van der Waals surface area (Å²) in [5, 5.41) is 11.5. The maximum atomic E-state index is 11.9. The first-order chi connectivity index (χ1) is 9.93. The number of methoxy groups -OCH3 is 1. The number of imidazole rings is 1. The lowest BCUT2D eigenvalue weighted by Crippen LogP contribution is -2.48. The summed E-state index contributed by atoms with van der Waals surface area (Å²) >= 11 is 0. The predicted molar refractivity (Wildman–Crippen MR) is 71.5 cm³/mol. The van der Waals surface area contributed by atoms with E-state index in [0.717, 1.165) is 0 Å². The molecule has 0 spiro atoms. The van der Waals surface area contributed by atoms with Gasteiger partial charge in [0.05, 0.1) is 19.9 Å². The van der Waals surface area contributed by atoms with Gasteiger partial charge in [0, 0.05) is 31.9 Å². The number of ether oxygens (including phenoxy) is 1. The van der Waals surface area contributed by atoms with E-state index >= 15 is 0 Å². The van der Waals surface area contributed by atoms with Gasteiger partial charge in [-0.1, -0.05) is 0 Å². The van der Waals surface area contributed by atoms with Crippen molar-refractivity contribution in [1.29, 1.82) is 0 Å². The van der Waals surface area contributed by atoms with Gasteiger partial charge in [-0.25, -0.2) is 14.6 Å². The fraction of sp³-hybridized carbons (Fsp3) is 0.500. The average Bonchev–Trinajstić information content (AvgIpc) is 2.96. The Balaban J connectivity index is 2.52. The lowest BCUT2D eigenvalue weighted by Gasteiger charge is -2.20. The smallest absolute Gasteiger partial charge is 0.326 e. The Morgan fingerprint density at radius 1 is 1.52 bits per heavy atom. The number of urea groups is 1. The number of amides is 2. The third-order valence-corrected chi connectivity index (χ3v) is 2.80. The number of aromatic nitrogens is 2. The van der Waals surface area contributed by atoms with Gasteiger partial charge < -0.3 is 25.0 Å². The molecule has 1 atom stereocenters. The number of carboxylic acid groups (broad SMARTS) is 1. The summed E-state index contributed by atoms with van der Waals surface area (Å²) in [7, 11) is 2.72. The van der Waals surface area contributed by atoms with Crippen LogP contribution in [0.25, 0.3) is 0 Å². The summed E-state index contributed by atoms with van der Waals surface area (Å²) < 4.78 is 4.47. The van der Waals surface area contributed by atoms with E-state index in [9.17, 15) is 14.4 Å². The molecule has 0 aromatic carbocycles.